The number of benzene rings is 1. The molecule has 1 saturated heterocycles. The van der Waals surface area contributed by atoms with E-state index >= 15 is 0 Å². The summed E-state index contributed by atoms with van der Waals surface area (Å²) in [7, 11) is 0. The highest BCUT2D eigenvalue weighted by Crippen LogP contribution is 2.29. The van der Waals surface area contributed by atoms with E-state index in [-0.39, 0.29) is 31.0 Å². The molecule has 224 valence electrons. The van der Waals surface area contributed by atoms with Crippen LogP contribution in [0.2, 0.25) is 0 Å². The fourth-order valence-corrected chi connectivity index (χ4v) is 5.39. The second-order valence-electron chi connectivity index (χ2n) is 10.2. The molecule has 2 atom stereocenters. The number of rotatable bonds is 7. The number of nitrogens with zero attached hydrogens (tertiary/aromatic N) is 11. The molecule has 2 unspecified atom stereocenters. The van der Waals surface area contributed by atoms with Crippen molar-refractivity contribution in [2.75, 3.05) is 11.9 Å². The molecule has 0 aliphatic carbocycles. The molecule has 1 aliphatic heterocycles. The highest BCUT2D eigenvalue weighted by Gasteiger charge is 2.40. The second-order valence-corrected chi connectivity index (χ2v) is 10.2. The van der Waals surface area contributed by atoms with E-state index in [9.17, 15) is 18.8 Å². The van der Waals surface area contributed by atoms with Gasteiger partial charge in [0.2, 0.25) is 11.8 Å². The maximum absolute atomic E-state index is 14.7. The van der Waals surface area contributed by atoms with Crippen molar-refractivity contribution >= 4 is 46.9 Å². The van der Waals surface area contributed by atoms with Crippen LogP contribution in [-0.4, -0.2) is 97.9 Å². The number of fused-ring (bicyclic) bond motifs is 2. The lowest BCUT2D eigenvalue weighted by atomic mass is 10.0. The van der Waals surface area contributed by atoms with Gasteiger partial charge >= 0.3 is 0 Å². The Morgan fingerprint density at radius 1 is 1.11 bits per heavy atom. The Morgan fingerprint density at radius 2 is 2.00 bits per heavy atom. The van der Waals surface area contributed by atoms with Gasteiger partial charge in [0.15, 0.2) is 11.5 Å². The number of amides is 3. The number of aliphatic imine (C=N–C) groups is 1. The summed E-state index contributed by atoms with van der Waals surface area (Å²) < 4.78 is 17.7. The number of aromatic amines is 1. The van der Waals surface area contributed by atoms with Gasteiger partial charge in [-0.1, -0.05) is 6.07 Å². The van der Waals surface area contributed by atoms with Crippen LogP contribution in [0.1, 0.15) is 16.9 Å². The van der Waals surface area contributed by atoms with Crippen LogP contribution < -0.4 is 5.32 Å². The van der Waals surface area contributed by atoms with Crippen molar-refractivity contribution in [1.82, 2.24) is 54.7 Å². The Kier molecular flexibility index (Phi) is 6.80. The standard InChI is InChI=1S/C28H22FN13O3/c1-30-27(45)23-18-9-15(16-5-7-32-33-11-16)3-4-20(18)42(39-23)14-22(43)41-13-17(29)10-21(41)26(44)35-24-19(12-34-36-24)25-37-38-28-31-6-2-8-40(25)28/h2-9,11-12,17,21H,1,10,13-14H2,(H2,34,35,36,44). The van der Waals surface area contributed by atoms with Crippen LogP contribution in [0.25, 0.3) is 39.2 Å². The van der Waals surface area contributed by atoms with Crippen molar-refractivity contribution in [3.63, 3.8) is 0 Å². The number of hydrogen-bond donors (Lipinski definition) is 2. The summed E-state index contributed by atoms with van der Waals surface area (Å²) in [4.78, 5) is 48.5. The molecule has 17 heteroatoms. The average molecular weight is 608 g/mol. The van der Waals surface area contributed by atoms with Crippen LogP contribution >= 0.6 is 0 Å². The number of nitrogens with one attached hydrogen (secondary N) is 2. The molecule has 16 nitrogen and oxygen atoms in total. The largest absolute Gasteiger partial charge is 0.326 e. The lowest BCUT2D eigenvalue weighted by Gasteiger charge is -2.23. The fraction of sp³-hybridized carbons (Fsp3) is 0.179. The summed E-state index contributed by atoms with van der Waals surface area (Å²) in [6, 6.07) is 7.58. The molecule has 6 aromatic rings. The fourth-order valence-electron chi connectivity index (χ4n) is 5.39. The molecule has 3 amide bonds. The van der Waals surface area contributed by atoms with Crippen molar-refractivity contribution in [2.45, 2.75) is 25.2 Å². The average Bonchev–Trinajstić information content (AvgIpc) is 3.86. The molecule has 0 bridgehead atoms. The zero-order chi connectivity index (χ0) is 31.1. The van der Waals surface area contributed by atoms with Crippen LogP contribution in [0.3, 0.4) is 0 Å². The molecule has 1 aliphatic rings. The highest BCUT2D eigenvalue weighted by molar-refractivity contribution is 6.07. The Labute approximate surface area is 252 Å². The molecule has 0 saturated carbocycles. The number of anilines is 1. The van der Waals surface area contributed by atoms with Crippen molar-refractivity contribution < 1.29 is 18.8 Å². The predicted molar refractivity (Wildman–Crippen MR) is 157 cm³/mol. The van der Waals surface area contributed by atoms with Gasteiger partial charge in [0.25, 0.3) is 11.7 Å². The number of carbonyl (C=O) groups excluding carboxylic acids is 3. The minimum atomic E-state index is -1.43. The smallest absolute Gasteiger partial charge is 0.297 e. The van der Waals surface area contributed by atoms with Gasteiger partial charge in [-0.2, -0.15) is 20.4 Å². The van der Waals surface area contributed by atoms with Gasteiger partial charge in [0.05, 0.1) is 36.2 Å². The molecular formula is C28H22FN13O3. The van der Waals surface area contributed by atoms with Crippen molar-refractivity contribution in [3.8, 4) is 22.5 Å². The number of H-pyrrole nitrogens is 1. The van der Waals surface area contributed by atoms with E-state index in [4.69, 9.17) is 0 Å². The van der Waals surface area contributed by atoms with E-state index < -0.39 is 29.9 Å². The van der Waals surface area contributed by atoms with Crippen molar-refractivity contribution in [3.05, 3.63) is 67.0 Å². The van der Waals surface area contributed by atoms with E-state index in [0.29, 0.717) is 28.1 Å². The van der Waals surface area contributed by atoms with Crippen molar-refractivity contribution in [2.24, 2.45) is 4.99 Å². The third-order valence-electron chi connectivity index (χ3n) is 7.49. The third-order valence-corrected chi connectivity index (χ3v) is 7.49. The molecular weight excluding hydrogens is 585 g/mol. The van der Waals surface area contributed by atoms with Gasteiger partial charge in [-0.05, 0) is 36.5 Å². The third kappa shape index (κ3) is 4.94. The molecule has 6 heterocycles. The number of halogens is 1. The van der Waals surface area contributed by atoms with Crippen LogP contribution in [0.5, 0.6) is 0 Å². The molecule has 2 N–H and O–H groups in total. The van der Waals surface area contributed by atoms with Crippen molar-refractivity contribution in [1.29, 1.82) is 0 Å². The van der Waals surface area contributed by atoms with Crippen LogP contribution in [-0.2, 0) is 16.1 Å². The SMILES string of the molecule is C=NC(=O)c1nn(CC(=O)N2CC(F)CC2C(=O)Nc2[nH]ncc2-c2nnc3ncccn23)c2ccc(-c3ccnnc3)cc12. The zero-order valence-electron chi connectivity index (χ0n) is 23.3. The second kappa shape index (κ2) is 11.1. The molecule has 7 rings (SSSR count). The molecule has 45 heavy (non-hydrogen) atoms. The number of hydrogen-bond acceptors (Lipinski definition) is 10. The Hall–Kier alpha value is -6.26. The summed E-state index contributed by atoms with van der Waals surface area (Å²) in [6.07, 6.45) is 6.24. The molecule has 1 aromatic carbocycles. The number of aromatic nitrogens is 10. The minimum Gasteiger partial charge on any atom is -0.326 e. The van der Waals surface area contributed by atoms with Gasteiger partial charge in [0, 0.05) is 29.8 Å². The minimum absolute atomic E-state index is 0.00118. The number of carbonyl (C=O) groups is 3. The van der Waals surface area contributed by atoms with E-state index in [2.05, 4.69) is 57.7 Å². The normalized spacial score (nSPS) is 16.3. The van der Waals surface area contributed by atoms with Gasteiger partial charge in [0.1, 0.15) is 24.6 Å². The summed E-state index contributed by atoms with van der Waals surface area (Å²) in [6.45, 7) is 2.67. The van der Waals surface area contributed by atoms with Crippen LogP contribution in [0, 0.1) is 0 Å². The van der Waals surface area contributed by atoms with E-state index in [1.165, 1.54) is 15.8 Å². The van der Waals surface area contributed by atoms with Crippen LogP contribution in [0.4, 0.5) is 10.2 Å². The Morgan fingerprint density at radius 3 is 2.82 bits per heavy atom. The maximum atomic E-state index is 14.7. The topological polar surface area (TPSA) is 194 Å². The van der Waals surface area contributed by atoms with Gasteiger partial charge in [-0.25, -0.2) is 14.4 Å². The molecule has 5 aromatic heterocycles. The highest BCUT2D eigenvalue weighted by atomic mass is 19.1. The summed E-state index contributed by atoms with van der Waals surface area (Å²) in [5.41, 5.74) is 2.39. The molecule has 0 spiro atoms. The van der Waals surface area contributed by atoms with Gasteiger partial charge < -0.3 is 10.2 Å². The van der Waals surface area contributed by atoms with E-state index in [0.717, 1.165) is 11.1 Å². The lowest BCUT2D eigenvalue weighted by Crippen LogP contribution is -2.44. The summed E-state index contributed by atoms with van der Waals surface area (Å²) in [5, 5.41) is 30.1. The number of alkyl halides is 1. The lowest BCUT2D eigenvalue weighted by molar-refractivity contribution is -0.137. The Bertz CT molecular complexity index is 2100. The predicted octanol–water partition coefficient (Wildman–Crippen LogP) is 1.74. The first-order valence-electron chi connectivity index (χ1n) is 13.6. The first kappa shape index (κ1) is 27.6. The van der Waals surface area contributed by atoms with E-state index in [1.54, 1.807) is 59.5 Å². The summed E-state index contributed by atoms with van der Waals surface area (Å²) >= 11 is 0. The van der Waals surface area contributed by atoms with Gasteiger partial charge in [-0.15, -0.1) is 10.2 Å². The quantitative estimate of drug-likeness (QED) is 0.252. The zero-order valence-corrected chi connectivity index (χ0v) is 23.3. The maximum Gasteiger partial charge on any atom is 0.297 e. The first-order valence-corrected chi connectivity index (χ1v) is 13.6. The van der Waals surface area contributed by atoms with Gasteiger partial charge in [-0.3, -0.25) is 28.6 Å². The molecule has 0 radical (unpaired) electrons. The summed E-state index contributed by atoms with van der Waals surface area (Å²) in [5.74, 6) is -0.931. The number of likely N-dealkylation sites (tertiary alicyclic amines) is 1. The van der Waals surface area contributed by atoms with E-state index in [1.807, 2.05) is 0 Å². The Balaban J connectivity index is 1.14. The molecule has 1 fully saturated rings. The van der Waals surface area contributed by atoms with Crippen LogP contribution in [0.15, 0.2) is 66.3 Å². The first-order chi connectivity index (χ1) is 21.9. The monoisotopic (exact) mass is 607 g/mol.